The Balaban J connectivity index is 1.62. The lowest BCUT2D eigenvalue weighted by Gasteiger charge is -2.29. The number of halogens is 2. The number of nitrogens with zero attached hydrogens (tertiary/aromatic N) is 1. The number of imide groups is 1. The van der Waals surface area contributed by atoms with Crippen LogP contribution in [-0.2, 0) is 31.3 Å². The van der Waals surface area contributed by atoms with Crippen LogP contribution in [0.15, 0.2) is 36.4 Å². The molecule has 2 saturated heterocycles. The van der Waals surface area contributed by atoms with Crippen molar-refractivity contribution >= 4 is 40.9 Å². The molecule has 0 saturated carbocycles. The molecule has 4 amide bonds. The van der Waals surface area contributed by atoms with E-state index in [2.05, 4.69) is 10.6 Å². The lowest BCUT2D eigenvalue weighted by molar-refractivity contribution is -0.143. The minimum absolute atomic E-state index is 0.0760. The number of nitrogens with two attached hydrogens (primary N) is 1. The first kappa shape index (κ1) is 21.5. The number of anilines is 1. The molecule has 3 aliphatic rings. The molecule has 170 valence electrons. The summed E-state index contributed by atoms with van der Waals surface area (Å²) in [6.07, 6.45) is -0.228. The van der Waals surface area contributed by atoms with Crippen molar-refractivity contribution in [2.24, 2.45) is 17.6 Å². The van der Waals surface area contributed by atoms with Gasteiger partial charge in [0.15, 0.2) is 0 Å². The summed E-state index contributed by atoms with van der Waals surface area (Å²) >= 11 is 6.28. The second-order valence-electron chi connectivity index (χ2n) is 8.72. The lowest BCUT2D eigenvalue weighted by Crippen LogP contribution is -2.53. The molecule has 0 aliphatic carbocycles. The van der Waals surface area contributed by atoms with Crippen LogP contribution in [0.5, 0.6) is 0 Å². The number of primary amides is 1. The fraction of sp³-hybridized carbons (Fsp3) is 0.304. The zero-order valence-electron chi connectivity index (χ0n) is 17.5. The number of amides is 4. The highest BCUT2D eigenvalue weighted by molar-refractivity contribution is 6.31. The minimum atomic E-state index is -1.57. The number of hydrogen-bond donors (Lipinski definition) is 3. The van der Waals surface area contributed by atoms with Gasteiger partial charge >= 0.3 is 0 Å². The second kappa shape index (κ2) is 7.36. The van der Waals surface area contributed by atoms with Crippen LogP contribution in [-0.4, -0.2) is 34.6 Å². The van der Waals surface area contributed by atoms with Crippen LogP contribution in [0.1, 0.15) is 23.1 Å². The maximum absolute atomic E-state index is 13.6. The molecule has 4 atom stereocenters. The van der Waals surface area contributed by atoms with Crippen molar-refractivity contribution in [2.45, 2.75) is 31.5 Å². The summed E-state index contributed by atoms with van der Waals surface area (Å²) in [6.45, 7) is 1.70. The van der Waals surface area contributed by atoms with Gasteiger partial charge in [0.2, 0.25) is 23.6 Å². The number of fused-ring (bicyclic) bond motifs is 4. The average Bonchev–Trinajstić information content (AvgIpc) is 3.31. The van der Waals surface area contributed by atoms with Crippen LogP contribution in [0.25, 0.3) is 0 Å². The van der Waals surface area contributed by atoms with Crippen molar-refractivity contribution in [3.63, 3.8) is 0 Å². The third kappa shape index (κ3) is 3.07. The Kier molecular flexibility index (Phi) is 4.80. The van der Waals surface area contributed by atoms with Crippen molar-refractivity contribution in [3.05, 3.63) is 63.9 Å². The first-order valence-corrected chi connectivity index (χ1v) is 10.8. The Morgan fingerprint density at radius 1 is 1.18 bits per heavy atom. The molecule has 2 aromatic carbocycles. The SMILES string of the molecule is Cc1cc(Cl)cc2c1NC(=O)C21NC(CC(N)=O)[C@H]2C(=O)N(Cc3ccc(F)cc3)C(=O)[C@H]21. The van der Waals surface area contributed by atoms with Gasteiger partial charge in [-0.3, -0.25) is 29.4 Å². The van der Waals surface area contributed by atoms with Gasteiger partial charge < -0.3 is 11.1 Å². The fourth-order valence-electron chi connectivity index (χ4n) is 5.41. The maximum Gasteiger partial charge on any atom is 0.250 e. The molecule has 2 unspecified atom stereocenters. The molecule has 3 aliphatic heterocycles. The van der Waals surface area contributed by atoms with Crippen molar-refractivity contribution in [1.82, 2.24) is 10.2 Å². The molecule has 5 rings (SSSR count). The Labute approximate surface area is 193 Å². The summed E-state index contributed by atoms with van der Waals surface area (Å²) in [5, 5.41) is 6.32. The van der Waals surface area contributed by atoms with Gasteiger partial charge in [-0.1, -0.05) is 23.7 Å². The van der Waals surface area contributed by atoms with Gasteiger partial charge in [0.1, 0.15) is 11.4 Å². The number of likely N-dealkylation sites (tertiary alicyclic amines) is 1. The molecular weight excluding hydrogens is 451 g/mol. The monoisotopic (exact) mass is 470 g/mol. The van der Waals surface area contributed by atoms with Crippen LogP contribution in [0.3, 0.4) is 0 Å². The summed E-state index contributed by atoms with van der Waals surface area (Å²) in [5.74, 6) is -4.71. The molecule has 33 heavy (non-hydrogen) atoms. The van der Waals surface area contributed by atoms with E-state index in [9.17, 15) is 23.6 Å². The molecule has 0 aromatic heterocycles. The number of rotatable bonds is 4. The summed E-state index contributed by atoms with van der Waals surface area (Å²) in [6, 6.07) is 7.92. The van der Waals surface area contributed by atoms with E-state index in [1.807, 2.05) is 0 Å². The molecule has 4 N–H and O–H groups in total. The number of nitrogens with one attached hydrogen (secondary N) is 2. The predicted octanol–water partition coefficient (Wildman–Crippen LogP) is 1.58. The molecular formula is C23H20ClFN4O4. The number of benzene rings is 2. The standard InChI is InChI=1S/C23H20ClFN4O4/c1-10-6-12(24)7-14-19(10)27-22(33)23(14)18-17(15(28-23)8-16(26)30)20(31)29(21(18)32)9-11-2-4-13(25)5-3-11/h2-7,15,17-18,28H,8-9H2,1H3,(H2,26,30)(H,27,33)/t15?,17-,18+,23?/m1/s1. The topological polar surface area (TPSA) is 122 Å². The number of carbonyl (C=O) groups is 4. The van der Waals surface area contributed by atoms with Gasteiger partial charge in [-0.05, 0) is 42.3 Å². The number of hydrogen-bond acceptors (Lipinski definition) is 5. The first-order chi connectivity index (χ1) is 15.6. The minimum Gasteiger partial charge on any atom is -0.370 e. The third-order valence-corrected chi connectivity index (χ3v) is 6.97. The van der Waals surface area contributed by atoms with Crippen LogP contribution in [0.2, 0.25) is 5.02 Å². The predicted molar refractivity (Wildman–Crippen MR) is 116 cm³/mol. The van der Waals surface area contributed by atoms with Crippen LogP contribution < -0.4 is 16.4 Å². The van der Waals surface area contributed by atoms with E-state index in [0.29, 0.717) is 27.4 Å². The van der Waals surface area contributed by atoms with Crippen molar-refractivity contribution in [1.29, 1.82) is 0 Å². The average molecular weight is 471 g/mol. The normalized spacial score (nSPS) is 27.8. The van der Waals surface area contributed by atoms with Gasteiger partial charge in [0.25, 0.3) is 0 Å². The van der Waals surface area contributed by atoms with Crippen LogP contribution in [0, 0.1) is 24.6 Å². The lowest BCUT2D eigenvalue weighted by atomic mass is 9.76. The van der Waals surface area contributed by atoms with Crippen molar-refractivity contribution in [2.75, 3.05) is 5.32 Å². The molecule has 0 radical (unpaired) electrons. The Morgan fingerprint density at radius 2 is 1.88 bits per heavy atom. The summed E-state index contributed by atoms with van der Waals surface area (Å²) in [4.78, 5) is 53.3. The van der Waals surface area contributed by atoms with Crippen LogP contribution in [0.4, 0.5) is 10.1 Å². The zero-order chi connectivity index (χ0) is 23.7. The largest absolute Gasteiger partial charge is 0.370 e. The van der Waals surface area contributed by atoms with Gasteiger partial charge in [-0.15, -0.1) is 0 Å². The molecule has 2 aromatic rings. The van der Waals surface area contributed by atoms with E-state index in [4.69, 9.17) is 17.3 Å². The molecule has 10 heteroatoms. The second-order valence-corrected chi connectivity index (χ2v) is 9.16. The summed E-state index contributed by atoms with van der Waals surface area (Å²) in [7, 11) is 0. The maximum atomic E-state index is 13.6. The Bertz CT molecular complexity index is 1230. The highest BCUT2D eigenvalue weighted by Gasteiger charge is 2.70. The van der Waals surface area contributed by atoms with Gasteiger partial charge in [0, 0.05) is 28.7 Å². The number of carbonyl (C=O) groups excluding carboxylic acids is 4. The van der Waals surface area contributed by atoms with Gasteiger partial charge in [0.05, 0.1) is 18.4 Å². The number of aryl methyl sites for hydroxylation is 1. The van der Waals surface area contributed by atoms with Crippen molar-refractivity contribution in [3.8, 4) is 0 Å². The van der Waals surface area contributed by atoms with E-state index in [1.54, 1.807) is 19.1 Å². The summed E-state index contributed by atoms with van der Waals surface area (Å²) < 4.78 is 13.3. The molecule has 1 spiro atoms. The fourth-order valence-corrected chi connectivity index (χ4v) is 5.69. The summed E-state index contributed by atoms with van der Waals surface area (Å²) in [5.41, 5.74) is 6.10. The highest BCUT2D eigenvalue weighted by Crippen LogP contribution is 2.54. The highest BCUT2D eigenvalue weighted by atomic mass is 35.5. The first-order valence-electron chi connectivity index (χ1n) is 10.4. The Morgan fingerprint density at radius 3 is 2.55 bits per heavy atom. The van der Waals surface area contributed by atoms with E-state index in [0.717, 1.165) is 4.90 Å². The molecule has 8 nitrogen and oxygen atoms in total. The smallest absolute Gasteiger partial charge is 0.250 e. The molecule has 3 heterocycles. The van der Waals surface area contributed by atoms with E-state index < -0.39 is 52.9 Å². The van der Waals surface area contributed by atoms with Crippen LogP contribution >= 0.6 is 11.6 Å². The third-order valence-electron chi connectivity index (χ3n) is 6.75. The van der Waals surface area contributed by atoms with Crippen molar-refractivity contribution < 1.29 is 23.6 Å². The quantitative estimate of drug-likeness (QED) is 0.586. The van der Waals surface area contributed by atoms with Gasteiger partial charge in [-0.2, -0.15) is 0 Å². The van der Waals surface area contributed by atoms with E-state index in [1.165, 1.54) is 24.3 Å². The molecule has 0 bridgehead atoms. The Hall–Kier alpha value is -3.30. The van der Waals surface area contributed by atoms with E-state index in [-0.39, 0.29) is 13.0 Å². The van der Waals surface area contributed by atoms with E-state index >= 15 is 0 Å². The zero-order valence-corrected chi connectivity index (χ0v) is 18.3. The molecule has 2 fully saturated rings. The van der Waals surface area contributed by atoms with Gasteiger partial charge in [-0.25, -0.2) is 4.39 Å².